The predicted molar refractivity (Wildman–Crippen MR) is 171 cm³/mol. The van der Waals surface area contributed by atoms with Crippen molar-refractivity contribution in [3.05, 3.63) is 180 Å². The van der Waals surface area contributed by atoms with Gasteiger partial charge >= 0.3 is 0 Å². The molecule has 0 amide bonds. The quantitative estimate of drug-likeness (QED) is 0.167. The predicted octanol–water partition coefficient (Wildman–Crippen LogP) is 10.2. The largest absolute Gasteiger partial charge is 0.356 e. The van der Waals surface area contributed by atoms with Crippen molar-refractivity contribution in [2.75, 3.05) is 5.32 Å². The fourth-order valence-corrected chi connectivity index (χ4v) is 5.05. The maximum atomic E-state index is 10.3. The second-order valence-corrected chi connectivity index (χ2v) is 9.82. The molecule has 0 aliphatic heterocycles. The zero-order chi connectivity index (χ0) is 27.9. The summed E-state index contributed by atoms with van der Waals surface area (Å²) in [6, 6.07) is 58.3. The molecule has 2 heteroatoms. The molecule has 6 rings (SSSR count). The number of rotatable bonds is 7. The third-order valence-electron chi connectivity index (χ3n) is 7.16. The molecule has 6 aromatic rings. The van der Waals surface area contributed by atoms with E-state index in [0.29, 0.717) is 5.57 Å². The Hall–Kier alpha value is -5.65. The van der Waals surface area contributed by atoms with Gasteiger partial charge in [0.05, 0.1) is 5.57 Å². The molecule has 2 nitrogen and oxygen atoms in total. The van der Waals surface area contributed by atoms with Crippen LogP contribution in [0, 0.1) is 11.3 Å². The van der Waals surface area contributed by atoms with Gasteiger partial charge in [0.25, 0.3) is 0 Å². The van der Waals surface area contributed by atoms with Crippen molar-refractivity contribution >= 4 is 22.5 Å². The van der Waals surface area contributed by atoms with E-state index in [1.165, 1.54) is 11.1 Å². The van der Waals surface area contributed by atoms with Gasteiger partial charge in [0, 0.05) is 16.9 Å². The molecule has 0 bridgehead atoms. The molecule has 194 valence electrons. The number of hydrogen-bond donors (Lipinski definition) is 1. The van der Waals surface area contributed by atoms with Crippen molar-refractivity contribution in [3.63, 3.8) is 0 Å². The van der Waals surface area contributed by atoms with Crippen LogP contribution in [0.3, 0.4) is 0 Å². The van der Waals surface area contributed by atoms with E-state index in [9.17, 15) is 5.26 Å². The summed E-state index contributed by atoms with van der Waals surface area (Å²) in [5, 5.41) is 13.8. The Morgan fingerprint density at radius 3 is 1.17 bits per heavy atom. The molecule has 0 spiro atoms. The Kier molecular flexibility index (Phi) is 7.52. The van der Waals surface area contributed by atoms with E-state index in [0.717, 1.165) is 44.8 Å². The number of nitrogens with zero attached hydrogens (tertiary/aromatic N) is 1. The first kappa shape index (κ1) is 25.6. The smallest absolute Gasteiger partial charge is 0.100 e. The number of benzene rings is 6. The first-order chi connectivity index (χ1) is 20.3. The second kappa shape index (κ2) is 12.0. The van der Waals surface area contributed by atoms with Crippen LogP contribution in [-0.2, 0) is 0 Å². The van der Waals surface area contributed by atoms with E-state index in [-0.39, 0.29) is 0 Å². The lowest BCUT2D eigenvalue weighted by molar-refractivity contribution is 1.49. The molecule has 0 unspecified atom stereocenters. The Morgan fingerprint density at radius 2 is 0.756 bits per heavy atom. The number of hydrogen-bond acceptors (Lipinski definition) is 2. The third kappa shape index (κ3) is 5.86. The minimum absolute atomic E-state index is 0.659. The summed E-state index contributed by atoms with van der Waals surface area (Å²) in [6.45, 7) is 0. The van der Waals surface area contributed by atoms with Gasteiger partial charge in [0.15, 0.2) is 0 Å². The highest BCUT2D eigenvalue weighted by Gasteiger charge is 2.14. The number of nitrogens with one attached hydrogen (secondary N) is 1. The average molecular weight is 525 g/mol. The Morgan fingerprint density at radius 1 is 0.390 bits per heavy atom. The topological polar surface area (TPSA) is 35.8 Å². The van der Waals surface area contributed by atoms with Gasteiger partial charge in [-0.2, -0.15) is 5.26 Å². The van der Waals surface area contributed by atoms with E-state index in [4.69, 9.17) is 0 Å². The standard InChI is InChI=1S/C39H28N2/c40-28-38(39(34-12-6-2-7-13-34)35-14-8-3-9-15-35)33-18-16-30(17-19-33)32-22-26-37(27-23-32)41-36-24-20-31(21-25-36)29-10-4-1-5-11-29/h1-27,41H. The molecule has 0 atom stereocenters. The van der Waals surface area contributed by atoms with Gasteiger partial charge in [-0.05, 0) is 63.2 Å². The monoisotopic (exact) mass is 524 g/mol. The first-order valence-corrected chi connectivity index (χ1v) is 13.7. The third-order valence-corrected chi connectivity index (χ3v) is 7.16. The molecule has 0 saturated heterocycles. The molecule has 0 radical (unpaired) electrons. The summed E-state index contributed by atoms with van der Waals surface area (Å²) in [4.78, 5) is 0. The molecular formula is C39H28N2. The van der Waals surface area contributed by atoms with Gasteiger partial charge in [-0.1, -0.05) is 140 Å². The summed E-state index contributed by atoms with van der Waals surface area (Å²) in [5.41, 5.74) is 11.3. The zero-order valence-corrected chi connectivity index (χ0v) is 22.5. The van der Waals surface area contributed by atoms with Gasteiger partial charge < -0.3 is 5.32 Å². The average Bonchev–Trinajstić information content (AvgIpc) is 3.06. The molecule has 1 N–H and O–H groups in total. The molecule has 0 aromatic heterocycles. The Balaban J connectivity index is 1.22. The molecule has 0 fully saturated rings. The van der Waals surface area contributed by atoms with E-state index < -0.39 is 0 Å². The molecule has 0 aliphatic carbocycles. The maximum absolute atomic E-state index is 10.3. The number of nitriles is 1. The fourth-order valence-electron chi connectivity index (χ4n) is 5.05. The van der Waals surface area contributed by atoms with Crippen LogP contribution in [0.25, 0.3) is 33.4 Å². The van der Waals surface area contributed by atoms with Gasteiger partial charge in [0.2, 0.25) is 0 Å². The van der Waals surface area contributed by atoms with Crippen molar-refractivity contribution in [2.24, 2.45) is 0 Å². The minimum atomic E-state index is 0.659. The Bertz CT molecular complexity index is 1750. The highest BCUT2D eigenvalue weighted by molar-refractivity contribution is 6.03. The summed E-state index contributed by atoms with van der Waals surface area (Å²) in [5.74, 6) is 0. The summed E-state index contributed by atoms with van der Waals surface area (Å²) >= 11 is 0. The van der Waals surface area contributed by atoms with Crippen LogP contribution in [0.5, 0.6) is 0 Å². The highest BCUT2D eigenvalue weighted by Crippen LogP contribution is 2.33. The van der Waals surface area contributed by atoms with Crippen molar-refractivity contribution < 1.29 is 0 Å². The van der Waals surface area contributed by atoms with Gasteiger partial charge in [0.1, 0.15) is 6.07 Å². The van der Waals surface area contributed by atoms with Gasteiger partial charge in [-0.3, -0.25) is 0 Å². The molecule has 41 heavy (non-hydrogen) atoms. The lowest BCUT2D eigenvalue weighted by Crippen LogP contribution is -1.94. The van der Waals surface area contributed by atoms with Crippen LogP contribution in [0.4, 0.5) is 11.4 Å². The molecule has 6 aromatic carbocycles. The van der Waals surface area contributed by atoms with E-state index in [1.54, 1.807) is 0 Å². The van der Waals surface area contributed by atoms with Gasteiger partial charge in [-0.15, -0.1) is 0 Å². The minimum Gasteiger partial charge on any atom is -0.356 e. The molecule has 0 heterocycles. The van der Waals surface area contributed by atoms with Crippen LogP contribution < -0.4 is 5.32 Å². The lowest BCUT2D eigenvalue weighted by atomic mass is 9.89. The van der Waals surface area contributed by atoms with Gasteiger partial charge in [-0.25, -0.2) is 0 Å². The molecule has 0 aliphatic rings. The van der Waals surface area contributed by atoms with E-state index in [1.807, 2.05) is 54.6 Å². The summed E-state index contributed by atoms with van der Waals surface area (Å²) in [7, 11) is 0. The summed E-state index contributed by atoms with van der Waals surface area (Å²) in [6.07, 6.45) is 0. The summed E-state index contributed by atoms with van der Waals surface area (Å²) < 4.78 is 0. The van der Waals surface area contributed by atoms with Crippen molar-refractivity contribution in [1.82, 2.24) is 0 Å². The van der Waals surface area contributed by atoms with E-state index >= 15 is 0 Å². The lowest BCUT2D eigenvalue weighted by Gasteiger charge is -2.13. The van der Waals surface area contributed by atoms with Crippen molar-refractivity contribution in [2.45, 2.75) is 0 Å². The molecular weight excluding hydrogens is 496 g/mol. The van der Waals surface area contributed by atoms with Crippen LogP contribution in [-0.4, -0.2) is 0 Å². The van der Waals surface area contributed by atoms with Crippen molar-refractivity contribution in [3.8, 4) is 28.3 Å². The van der Waals surface area contributed by atoms with Crippen LogP contribution in [0.2, 0.25) is 0 Å². The van der Waals surface area contributed by atoms with Crippen LogP contribution in [0.15, 0.2) is 164 Å². The zero-order valence-electron chi connectivity index (χ0n) is 22.5. The first-order valence-electron chi connectivity index (χ1n) is 13.7. The van der Waals surface area contributed by atoms with Crippen LogP contribution >= 0.6 is 0 Å². The maximum Gasteiger partial charge on any atom is 0.100 e. The Labute approximate surface area is 241 Å². The highest BCUT2D eigenvalue weighted by atomic mass is 14.9. The normalized spacial score (nSPS) is 10.4. The van der Waals surface area contributed by atoms with E-state index in [2.05, 4.69) is 121 Å². The molecule has 0 saturated carbocycles. The second-order valence-electron chi connectivity index (χ2n) is 9.82. The van der Waals surface area contributed by atoms with Crippen molar-refractivity contribution in [1.29, 1.82) is 5.26 Å². The SMILES string of the molecule is N#CC(=C(c1ccccc1)c1ccccc1)c1ccc(-c2ccc(Nc3ccc(-c4ccccc4)cc3)cc2)cc1. The van der Waals surface area contributed by atoms with Crippen LogP contribution in [0.1, 0.15) is 16.7 Å². The fraction of sp³-hybridized carbons (Fsp3) is 0. The number of anilines is 2. The number of allylic oxidation sites excluding steroid dienone is 1.